The van der Waals surface area contributed by atoms with Gasteiger partial charge in [0.2, 0.25) is 0 Å². The van der Waals surface area contributed by atoms with E-state index in [-0.39, 0.29) is 11.7 Å². The standard InChI is InChI=1S/C20H27N3O2/c24-19-6-11-25-20(12-19)7-9-22(10-8-20)14-18-13-21-23(16-18)15-17-4-2-1-3-5-17/h1-5,13,16,19,24H,6-12,14-15H2. The molecular weight excluding hydrogens is 314 g/mol. The first-order valence-corrected chi connectivity index (χ1v) is 9.30. The van der Waals surface area contributed by atoms with Gasteiger partial charge in [-0.2, -0.15) is 5.10 Å². The van der Waals surface area contributed by atoms with E-state index in [2.05, 4.69) is 40.5 Å². The molecule has 5 nitrogen and oxygen atoms in total. The Kier molecular flexibility index (Phi) is 4.88. The molecule has 5 heteroatoms. The highest BCUT2D eigenvalue weighted by Crippen LogP contribution is 2.35. The minimum absolute atomic E-state index is 0.0777. The van der Waals surface area contributed by atoms with Crippen LogP contribution in [0.2, 0.25) is 0 Å². The zero-order valence-corrected chi connectivity index (χ0v) is 14.7. The van der Waals surface area contributed by atoms with E-state index in [4.69, 9.17) is 4.74 Å². The maximum Gasteiger partial charge on any atom is 0.0731 e. The third kappa shape index (κ3) is 4.11. The van der Waals surface area contributed by atoms with Gasteiger partial charge in [0.1, 0.15) is 0 Å². The van der Waals surface area contributed by atoms with Crippen LogP contribution in [0.25, 0.3) is 0 Å². The van der Waals surface area contributed by atoms with Gasteiger partial charge in [-0.15, -0.1) is 0 Å². The molecule has 1 N–H and O–H groups in total. The quantitative estimate of drug-likeness (QED) is 0.928. The molecule has 2 fully saturated rings. The summed E-state index contributed by atoms with van der Waals surface area (Å²) in [4.78, 5) is 2.47. The first-order chi connectivity index (χ1) is 12.2. The summed E-state index contributed by atoms with van der Waals surface area (Å²) in [5, 5.41) is 14.4. The van der Waals surface area contributed by atoms with Gasteiger partial charge >= 0.3 is 0 Å². The highest BCUT2D eigenvalue weighted by molar-refractivity contribution is 5.15. The predicted octanol–water partition coefficient (Wildman–Crippen LogP) is 2.44. The first-order valence-electron chi connectivity index (χ1n) is 9.30. The van der Waals surface area contributed by atoms with Crippen LogP contribution in [0.5, 0.6) is 0 Å². The SMILES string of the molecule is OC1CCOC2(CCN(Cc3cnn(Cc4ccccc4)c3)CC2)C1. The lowest BCUT2D eigenvalue weighted by Crippen LogP contribution is -2.50. The summed E-state index contributed by atoms with van der Waals surface area (Å²) in [6.07, 6.45) is 7.56. The molecule has 0 saturated carbocycles. The zero-order chi connectivity index (χ0) is 17.1. The average molecular weight is 341 g/mol. The van der Waals surface area contributed by atoms with Gasteiger partial charge in [0.15, 0.2) is 0 Å². The summed E-state index contributed by atoms with van der Waals surface area (Å²) in [5.41, 5.74) is 2.45. The molecule has 134 valence electrons. The third-order valence-electron chi connectivity index (χ3n) is 5.51. The third-order valence-corrected chi connectivity index (χ3v) is 5.51. The van der Waals surface area contributed by atoms with Crippen molar-refractivity contribution in [3.8, 4) is 0 Å². The fourth-order valence-electron chi connectivity index (χ4n) is 4.07. The number of hydrogen-bond donors (Lipinski definition) is 1. The Bertz CT molecular complexity index is 677. The molecule has 2 aliphatic rings. The van der Waals surface area contributed by atoms with Crippen molar-refractivity contribution in [1.29, 1.82) is 0 Å². The topological polar surface area (TPSA) is 50.5 Å². The normalized spacial score (nSPS) is 23.8. The number of rotatable bonds is 4. The molecule has 2 aliphatic heterocycles. The van der Waals surface area contributed by atoms with Crippen LogP contribution in [0.4, 0.5) is 0 Å². The zero-order valence-electron chi connectivity index (χ0n) is 14.7. The monoisotopic (exact) mass is 341 g/mol. The largest absolute Gasteiger partial charge is 0.393 e. The maximum atomic E-state index is 9.95. The first kappa shape index (κ1) is 16.8. The molecule has 2 aromatic rings. The summed E-state index contributed by atoms with van der Waals surface area (Å²) in [6.45, 7) is 4.50. The molecule has 0 amide bonds. The molecule has 25 heavy (non-hydrogen) atoms. The van der Waals surface area contributed by atoms with Crippen LogP contribution in [-0.4, -0.2) is 51.2 Å². The fourth-order valence-corrected chi connectivity index (χ4v) is 4.07. The average Bonchev–Trinajstić information content (AvgIpc) is 3.05. The molecule has 0 aliphatic carbocycles. The van der Waals surface area contributed by atoms with Crippen LogP contribution >= 0.6 is 0 Å². The molecule has 1 spiro atoms. The minimum Gasteiger partial charge on any atom is -0.393 e. The Labute approximate surface area is 149 Å². The van der Waals surface area contributed by atoms with Gasteiger partial charge in [-0.05, 0) is 24.8 Å². The van der Waals surface area contributed by atoms with E-state index >= 15 is 0 Å². The van der Waals surface area contributed by atoms with Crippen LogP contribution in [0.3, 0.4) is 0 Å². The maximum absolute atomic E-state index is 9.95. The summed E-state index contributed by atoms with van der Waals surface area (Å²) in [5.74, 6) is 0. The summed E-state index contributed by atoms with van der Waals surface area (Å²) in [7, 11) is 0. The number of aliphatic hydroxyl groups is 1. The Hall–Kier alpha value is -1.69. The van der Waals surface area contributed by atoms with Gasteiger partial charge in [0.25, 0.3) is 0 Å². The van der Waals surface area contributed by atoms with Crippen molar-refractivity contribution >= 4 is 0 Å². The highest BCUT2D eigenvalue weighted by Gasteiger charge is 2.39. The van der Waals surface area contributed by atoms with E-state index in [9.17, 15) is 5.11 Å². The van der Waals surface area contributed by atoms with Crippen LogP contribution in [0.15, 0.2) is 42.7 Å². The number of ether oxygens (including phenoxy) is 1. The van der Waals surface area contributed by atoms with Crippen molar-refractivity contribution in [3.05, 3.63) is 53.9 Å². The van der Waals surface area contributed by atoms with Gasteiger partial charge in [0, 0.05) is 44.4 Å². The molecule has 0 radical (unpaired) electrons. The van der Waals surface area contributed by atoms with Crippen molar-refractivity contribution < 1.29 is 9.84 Å². The second-order valence-corrected chi connectivity index (χ2v) is 7.49. The van der Waals surface area contributed by atoms with Gasteiger partial charge in [-0.3, -0.25) is 9.58 Å². The van der Waals surface area contributed by atoms with E-state index in [1.165, 1.54) is 11.1 Å². The van der Waals surface area contributed by atoms with Crippen molar-refractivity contribution in [1.82, 2.24) is 14.7 Å². The fraction of sp³-hybridized carbons (Fsp3) is 0.550. The van der Waals surface area contributed by atoms with Crippen molar-refractivity contribution in [3.63, 3.8) is 0 Å². The minimum atomic E-state index is -0.184. The summed E-state index contributed by atoms with van der Waals surface area (Å²) >= 11 is 0. The predicted molar refractivity (Wildman–Crippen MR) is 96.2 cm³/mol. The molecule has 3 heterocycles. The van der Waals surface area contributed by atoms with Crippen LogP contribution in [-0.2, 0) is 17.8 Å². The number of aliphatic hydroxyl groups excluding tert-OH is 1. The Morgan fingerprint density at radius 1 is 1.12 bits per heavy atom. The van der Waals surface area contributed by atoms with E-state index in [1.54, 1.807) is 0 Å². The number of nitrogens with zero attached hydrogens (tertiary/aromatic N) is 3. The Morgan fingerprint density at radius 2 is 1.92 bits per heavy atom. The van der Waals surface area contributed by atoms with Gasteiger partial charge in [0.05, 0.1) is 24.4 Å². The number of hydrogen-bond acceptors (Lipinski definition) is 4. The van der Waals surface area contributed by atoms with Gasteiger partial charge < -0.3 is 9.84 Å². The van der Waals surface area contributed by atoms with Crippen molar-refractivity contribution in [2.45, 2.75) is 50.5 Å². The number of benzene rings is 1. The van der Waals surface area contributed by atoms with E-state index in [0.717, 1.165) is 51.9 Å². The van der Waals surface area contributed by atoms with Crippen LogP contribution < -0.4 is 0 Å². The second kappa shape index (κ2) is 7.28. The number of aromatic nitrogens is 2. The number of piperidine rings is 1. The van der Waals surface area contributed by atoms with Crippen LogP contribution in [0.1, 0.15) is 36.8 Å². The smallest absolute Gasteiger partial charge is 0.0731 e. The molecule has 1 aromatic carbocycles. The Balaban J connectivity index is 1.30. The molecule has 0 bridgehead atoms. The molecule has 2 saturated heterocycles. The lowest BCUT2D eigenvalue weighted by molar-refractivity contribution is -0.143. The molecule has 4 rings (SSSR count). The lowest BCUT2D eigenvalue weighted by Gasteiger charge is -2.45. The summed E-state index contributed by atoms with van der Waals surface area (Å²) in [6, 6.07) is 10.4. The lowest BCUT2D eigenvalue weighted by atomic mass is 9.83. The Morgan fingerprint density at radius 3 is 2.68 bits per heavy atom. The van der Waals surface area contributed by atoms with E-state index in [0.29, 0.717) is 6.61 Å². The van der Waals surface area contributed by atoms with Crippen molar-refractivity contribution in [2.75, 3.05) is 19.7 Å². The van der Waals surface area contributed by atoms with Crippen molar-refractivity contribution in [2.24, 2.45) is 0 Å². The highest BCUT2D eigenvalue weighted by atomic mass is 16.5. The summed E-state index contributed by atoms with van der Waals surface area (Å²) < 4.78 is 8.05. The van der Waals surface area contributed by atoms with E-state index < -0.39 is 0 Å². The van der Waals surface area contributed by atoms with Gasteiger partial charge in [-0.25, -0.2) is 0 Å². The number of likely N-dealkylation sites (tertiary alicyclic amines) is 1. The van der Waals surface area contributed by atoms with Gasteiger partial charge in [-0.1, -0.05) is 30.3 Å². The molecular formula is C20H27N3O2. The molecule has 1 atom stereocenters. The molecule has 1 unspecified atom stereocenters. The van der Waals surface area contributed by atoms with E-state index in [1.807, 2.05) is 16.9 Å². The second-order valence-electron chi connectivity index (χ2n) is 7.49. The molecule has 1 aromatic heterocycles. The van der Waals surface area contributed by atoms with Crippen LogP contribution in [0, 0.1) is 0 Å².